The summed E-state index contributed by atoms with van der Waals surface area (Å²) in [5.41, 5.74) is 6.23. The molecule has 0 fully saturated rings. The van der Waals surface area contributed by atoms with Crippen LogP contribution in [0.15, 0.2) is 12.1 Å². The van der Waals surface area contributed by atoms with Gasteiger partial charge in [0.05, 0.1) is 10.4 Å². The largest absolute Gasteiger partial charge is 0.484 e. The number of amidine groups is 1. The number of carbonyl (C=O) groups excluding carboxylic acids is 2. The molecule has 0 amide bonds. The Morgan fingerprint density at radius 3 is 2.72 bits per heavy atom. The summed E-state index contributed by atoms with van der Waals surface area (Å²) in [5, 5.41) is 7.62. The van der Waals surface area contributed by atoms with Crippen molar-refractivity contribution < 1.29 is 14.3 Å². The van der Waals surface area contributed by atoms with Gasteiger partial charge in [-0.05, 0) is 30.6 Å². The van der Waals surface area contributed by atoms with Gasteiger partial charge in [-0.15, -0.1) is 0 Å². The molecule has 0 radical (unpaired) electrons. The average molecular weight is 381 g/mol. The minimum absolute atomic E-state index is 0.00790. The standard InChI is InChI=1S/C18H18Cl2N2O3/c1-2-4-18-5-3-9(23)6-11(18)14-10(17(18)24)7-12(15(19)16(14)20)25-8-13(21)22/h6-7H,2-5,8H2,1H3,(H3,21,22). The lowest BCUT2D eigenvalue weighted by molar-refractivity contribution is -0.115. The van der Waals surface area contributed by atoms with Crippen LogP contribution in [-0.4, -0.2) is 24.0 Å². The molecule has 5 nitrogen and oxygen atoms in total. The quantitative estimate of drug-likeness (QED) is 0.595. The number of allylic oxidation sites excluding steroid dienone is 2. The van der Waals surface area contributed by atoms with Gasteiger partial charge in [0, 0.05) is 17.5 Å². The topological polar surface area (TPSA) is 93.2 Å². The maximum Gasteiger partial charge on any atom is 0.174 e. The summed E-state index contributed by atoms with van der Waals surface area (Å²) in [6.07, 6.45) is 3.83. The second-order valence-electron chi connectivity index (χ2n) is 6.42. The van der Waals surface area contributed by atoms with E-state index in [2.05, 4.69) is 0 Å². The second-order valence-corrected chi connectivity index (χ2v) is 7.18. The van der Waals surface area contributed by atoms with Gasteiger partial charge in [-0.1, -0.05) is 36.5 Å². The first kappa shape index (κ1) is 18.0. The first-order valence-electron chi connectivity index (χ1n) is 8.09. The zero-order valence-corrected chi connectivity index (χ0v) is 15.3. The lowest BCUT2D eigenvalue weighted by Crippen LogP contribution is -2.31. The van der Waals surface area contributed by atoms with Crippen molar-refractivity contribution in [1.29, 1.82) is 5.41 Å². The van der Waals surface area contributed by atoms with Gasteiger partial charge >= 0.3 is 0 Å². The predicted octanol–water partition coefficient (Wildman–Crippen LogP) is 4.04. The molecule has 7 heteroatoms. The molecule has 1 aromatic carbocycles. The van der Waals surface area contributed by atoms with Gasteiger partial charge in [0.25, 0.3) is 0 Å². The number of ketones is 2. The zero-order valence-electron chi connectivity index (χ0n) is 13.7. The van der Waals surface area contributed by atoms with Crippen LogP contribution in [-0.2, 0) is 4.79 Å². The maximum absolute atomic E-state index is 13.2. The van der Waals surface area contributed by atoms with Crippen molar-refractivity contribution in [2.75, 3.05) is 6.61 Å². The number of benzene rings is 1. The lowest BCUT2D eigenvalue weighted by atomic mass is 9.69. The molecule has 0 saturated heterocycles. The van der Waals surface area contributed by atoms with Gasteiger partial charge in [0.1, 0.15) is 23.2 Å². The number of ether oxygens (including phenoxy) is 1. The first-order chi connectivity index (χ1) is 11.8. The number of halogens is 2. The summed E-state index contributed by atoms with van der Waals surface area (Å²) in [6.45, 7) is 1.86. The molecular weight excluding hydrogens is 363 g/mol. The van der Waals surface area contributed by atoms with Crippen molar-refractivity contribution in [3.8, 4) is 5.75 Å². The van der Waals surface area contributed by atoms with E-state index in [1.807, 2.05) is 6.92 Å². The van der Waals surface area contributed by atoms with Crippen molar-refractivity contribution in [3.05, 3.63) is 33.3 Å². The van der Waals surface area contributed by atoms with Gasteiger partial charge in [-0.25, -0.2) is 0 Å². The molecule has 0 heterocycles. The predicted molar refractivity (Wildman–Crippen MR) is 97.8 cm³/mol. The third-order valence-electron chi connectivity index (χ3n) is 4.80. The maximum atomic E-state index is 13.2. The minimum atomic E-state index is -0.711. The van der Waals surface area contributed by atoms with Gasteiger partial charge in [0.15, 0.2) is 11.6 Å². The number of nitrogens with one attached hydrogen (secondary N) is 1. The molecule has 0 aliphatic heterocycles. The summed E-state index contributed by atoms with van der Waals surface area (Å²) in [7, 11) is 0. The normalized spacial score (nSPS) is 21.6. The molecule has 2 aliphatic rings. The Morgan fingerprint density at radius 1 is 1.36 bits per heavy atom. The molecule has 3 N–H and O–H groups in total. The fourth-order valence-electron chi connectivity index (χ4n) is 3.75. The van der Waals surface area contributed by atoms with Crippen molar-refractivity contribution in [2.24, 2.45) is 11.1 Å². The highest BCUT2D eigenvalue weighted by Crippen LogP contribution is 2.57. The van der Waals surface area contributed by atoms with E-state index in [0.29, 0.717) is 36.0 Å². The molecule has 3 rings (SSSR count). The molecule has 2 aliphatic carbocycles. The van der Waals surface area contributed by atoms with Crippen molar-refractivity contribution in [3.63, 3.8) is 0 Å². The molecule has 0 saturated carbocycles. The van der Waals surface area contributed by atoms with Gasteiger partial charge in [-0.2, -0.15) is 0 Å². The van der Waals surface area contributed by atoms with Crippen LogP contribution in [0.4, 0.5) is 0 Å². The van der Waals surface area contributed by atoms with Crippen molar-refractivity contribution in [2.45, 2.75) is 32.6 Å². The molecule has 132 valence electrons. The Morgan fingerprint density at radius 2 is 2.08 bits per heavy atom. The third-order valence-corrected chi connectivity index (χ3v) is 5.65. The van der Waals surface area contributed by atoms with Gasteiger partial charge in [-0.3, -0.25) is 15.0 Å². The molecule has 0 bridgehead atoms. The Labute approximate surface area is 155 Å². The number of hydrogen-bond acceptors (Lipinski definition) is 4. The van der Waals surface area contributed by atoms with Crippen LogP contribution in [0.25, 0.3) is 5.57 Å². The van der Waals surface area contributed by atoms with E-state index in [-0.39, 0.29) is 39.8 Å². The molecule has 1 unspecified atom stereocenters. The number of hydrogen-bond donors (Lipinski definition) is 2. The molecule has 1 atom stereocenters. The Kier molecular flexibility index (Phi) is 4.64. The Bertz CT molecular complexity index is 832. The van der Waals surface area contributed by atoms with E-state index >= 15 is 0 Å². The number of carbonyl (C=O) groups is 2. The van der Waals surface area contributed by atoms with Crippen LogP contribution in [0.3, 0.4) is 0 Å². The lowest BCUT2D eigenvalue weighted by Gasteiger charge is -2.31. The van der Waals surface area contributed by atoms with Crippen LogP contribution >= 0.6 is 23.2 Å². The Balaban J connectivity index is 2.19. The average Bonchev–Trinajstić information content (AvgIpc) is 2.79. The van der Waals surface area contributed by atoms with E-state index in [4.69, 9.17) is 39.1 Å². The molecule has 0 aromatic heterocycles. The van der Waals surface area contributed by atoms with Crippen LogP contribution in [0.1, 0.15) is 48.5 Å². The zero-order chi connectivity index (χ0) is 18.4. The summed E-state index contributed by atoms with van der Waals surface area (Å²) in [5.74, 6) is -0.00422. The van der Waals surface area contributed by atoms with E-state index in [9.17, 15) is 9.59 Å². The fourth-order valence-corrected chi connectivity index (χ4v) is 4.25. The highest BCUT2D eigenvalue weighted by Gasteiger charge is 2.51. The number of fused-ring (bicyclic) bond motifs is 3. The van der Waals surface area contributed by atoms with E-state index < -0.39 is 5.41 Å². The van der Waals surface area contributed by atoms with E-state index in [1.54, 1.807) is 12.1 Å². The highest BCUT2D eigenvalue weighted by atomic mass is 35.5. The highest BCUT2D eigenvalue weighted by molar-refractivity contribution is 6.45. The second kappa shape index (κ2) is 6.46. The monoisotopic (exact) mass is 380 g/mol. The summed E-state index contributed by atoms with van der Waals surface area (Å²) < 4.78 is 5.42. The van der Waals surface area contributed by atoms with Crippen LogP contribution in [0.2, 0.25) is 10.0 Å². The number of nitrogens with two attached hydrogens (primary N) is 1. The molecule has 0 spiro atoms. The van der Waals surface area contributed by atoms with Gasteiger partial charge < -0.3 is 10.5 Å². The van der Waals surface area contributed by atoms with E-state index in [0.717, 1.165) is 6.42 Å². The summed E-state index contributed by atoms with van der Waals surface area (Å²) >= 11 is 12.8. The smallest absolute Gasteiger partial charge is 0.174 e. The van der Waals surface area contributed by atoms with Gasteiger partial charge in [0.2, 0.25) is 0 Å². The SMILES string of the molecule is CCCC12CCC(=O)C=C1c1c(cc(OCC(=N)N)c(Cl)c1Cl)C2=O. The van der Waals surface area contributed by atoms with Crippen LogP contribution < -0.4 is 10.5 Å². The fraction of sp³-hybridized carbons (Fsp3) is 0.389. The summed E-state index contributed by atoms with van der Waals surface area (Å²) in [4.78, 5) is 25.2. The molecule has 25 heavy (non-hydrogen) atoms. The van der Waals surface area contributed by atoms with Crippen LogP contribution in [0, 0.1) is 10.8 Å². The van der Waals surface area contributed by atoms with Crippen LogP contribution in [0.5, 0.6) is 5.75 Å². The number of Topliss-reactive ketones (excluding diaryl/α,β-unsaturated/α-hetero) is 1. The first-order valence-corrected chi connectivity index (χ1v) is 8.85. The van der Waals surface area contributed by atoms with Crippen molar-refractivity contribution in [1.82, 2.24) is 0 Å². The molecular formula is C18H18Cl2N2O3. The number of rotatable bonds is 5. The third kappa shape index (κ3) is 2.75. The minimum Gasteiger partial charge on any atom is -0.484 e. The van der Waals surface area contributed by atoms with Crippen molar-refractivity contribution >= 4 is 46.2 Å². The molecule has 1 aromatic rings. The Hall–Kier alpha value is -1.85. The summed E-state index contributed by atoms with van der Waals surface area (Å²) in [6, 6.07) is 1.55. The van der Waals surface area contributed by atoms with E-state index in [1.165, 1.54) is 0 Å².